The Morgan fingerprint density at radius 2 is 1.70 bits per heavy atom. The molecule has 0 aromatic heterocycles. The van der Waals surface area contributed by atoms with E-state index in [9.17, 15) is 9.47 Å². The molecule has 33 heavy (non-hydrogen) atoms. The van der Waals surface area contributed by atoms with Crippen LogP contribution in [0.25, 0.3) is 0 Å². The smallest absolute Gasteiger partial charge is 0.128 e. The highest BCUT2D eigenvalue weighted by Crippen LogP contribution is 2.49. The molecule has 0 heterocycles. The van der Waals surface area contributed by atoms with Gasteiger partial charge in [-0.2, -0.15) is 5.26 Å². The highest BCUT2D eigenvalue weighted by atomic mass is 32.2. The highest BCUT2D eigenvalue weighted by Gasteiger charge is 2.45. The summed E-state index contributed by atoms with van der Waals surface area (Å²) in [6.45, 7) is 8.14. The van der Waals surface area contributed by atoms with Gasteiger partial charge in [-0.05, 0) is 70.9 Å². The van der Waals surface area contributed by atoms with Crippen LogP contribution in [0.15, 0.2) is 54.6 Å². The number of ether oxygens (including phenoxy) is 1. The van der Waals surface area contributed by atoms with E-state index in [1.54, 1.807) is 18.2 Å². The van der Waals surface area contributed by atoms with Crippen molar-refractivity contribution in [2.24, 2.45) is 11.3 Å². The minimum absolute atomic E-state index is 0.136. The van der Waals surface area contributed by atoms with Crippen molar-refractivity contribution in [3.63, 3.8) is 0 Å². The Balaban J connectivity index is 1.96. The van der Waals surface area contributed by atoms with E-state index in [1.165, 1.54) is 6.07 Å². The molecular weight excluding hydrogens is 435 g/mol. The zero-order valence-electron chi connectivity index (χ0n) is 20.1. The maximum absolute atomic E-state index is 15.2. The van der Waals surface area contributed by atoms with Crippen LogP contribution in [0.1, 0.15) is 64.5 Å². The van der Waals surface area contributed by atoms with E-state index in [2.05, 4.69) is 10.8 Å². The Hall–Kier alpha value is -2.07. The number of hydrogen-bond acceptors (Lipinski definition) is 3. The summed E-state index contributed by atoms with van der Waals surface area (Å²) in [4.78, 5) is 0. The van der Waals surface area contributed by atoms with Crippen molar-refractivity contribution < 1.29 is 13.3 Å². The molecule has 3 rings (SSSR count). The van der Waals surface area contributed by atoms with E-state index in [1.807, 2.05) is 58.0 Å². The van der Waals surface area contributed by atoms with Crippen molar-refractivity contribution >= 4 is 11.0 Å². The van der Waals surface area contributed by atoms with Gasteiger partial charge in [-0.3, -0.25) is 0 Å². The van der Waals surface area contributed by atoms with Gasteiger partial charge in [-0.1, -0.05) is 48.5 Å². The third-order valence-corrected chi connectivity index (χ3v) is 8.19. The second-order valence-electron chi connectivity index (χ2n) is 10.3. The summed E-state index contributed by atoms with van der Waals surface area (Å²) in [6, 6.07) is 18.9. The van der Waals surface area contributed by atoms with E-state index in [0.717, 1.165) is 18.4 Å². The van der Waals surface area contributed by atoms with Crippen LogP contribution < -0.4 is 4.72 Å². The van der Waals surface area contributed by atoms with Gasteiger partial charge in [0.2, 0.25) is 0 Å². The first-order chi connectivity index (χ1) is 15.6. The SMILES string of the molecule is CC(C#N)(CC[C@](COCc1ccccc1)(N[S@](=O)C(C)(C)C)c1ccccc1F)C1CC1. The molecule has 6 heteroatoms. The summed E-state index contributed by atoms with van der Waals surface area (Å²) >= 11 is 0. The number of halogens is 1. The van der Waals surface area contributed by atoms with Gasteiger partial charge in [-0.25, -0.2) is 13.3 Å². The van der Waals surface area contributed by atoms with Crippen LogP contribution in [0.3, 0.4) is 0 Å². The van der Waals surface area contributed by atoms with Crippen molar-refractivity contribution in [1.29, 1.82) is 5.26 Å². The molecule has 178 valence electrons. The first-order valence-corrected chi connectivity index (χ1v) is 12.7. The van der Waals surface area contributed by atoms with Crippen molar-refractivity contribution in [1.82, 2.24) is 4.72 Å². The van der Waals surface area contributed by atoms with E-state index >= 15 is 4.39 Å². The van der Waals surface area contributed by atoms with E-state index in [-0.39, 0.29) is 12.4 Å². The summed E-state index contributed by atoms with van der Waals surface area (Å²) in [6.07, 6.45) is 3.09. The Labute approximate surface area is 200 Å². The lowest BCUT2D eigenvalue weighted by Gasteiger charge is -2.39. The van der Waals surface area contributed by atoms with Gasteiger partial charge in [0.05, 0.1) is 46.0 Å². The number of nitriles is 1. The largest absolute Gasteiger partial charge is 0.374 e. The maximum atomic E-state index is 15.2. The zero-order valence-corrected chi connectivity index (χ0v) is 20.9. The molecule has 0 radical (unpaired) electrons. The van der Waals surface area contributed by atoms with Gasteiger partial charge in [0, 0.05) is 5.56 Å². The zero-order chi connectivity index (χ0) is 24.1. The Morgan fingerprint density at radius 1 is 1.06 bits per heavy atom. The molecule has 0 spiro atoms. The molecule has 4 nitrogen and oxygen atoms in total. The number of hydrogen-bond donors (Lipinski definition) is 1. The molecule has 1 saturated carbocycles. The van der Waals surface area contributed by atoms with Crippen LogP contribution in [0.4, 0.5) is 4.39 Å². The summed E-state index contributed by atoms with van der Waals surface area (Å²) < 4.78 is 37.3. The number of benzene rings is 2. The van der Waals surface area contributed by atoms with Crippen LogP contribution in [0.2, 0.25) is 0 Å². The molecule has 1 fully saturated rings. The molecule has 0 bridgehead atoms. The molecule has 0 saturated heterocycles. The van der Waals surface area contributed by atoms with Crippen LogP contribution in [-0.2, 0) is 27.9 Å². The second-order valence-corrected chi connectivity index (χ2v) is 12.3. The first-order valence-electron chi connectivity index (χ1n) is 11.6. The third kappa shape index (κ3) is 6.50. The van der Waals surface area contributed by atoms with Gasteiger partial charge in [-0.15, -0.1) is 0 Å². The molecule has 1 aliphatic carbocycles. The van der Waals surface area contributed by atoms with Crippen LogP contribution >= 0.6 is 0 Å². The van der Waals surface area contributed by atoms with Crippen molar-refractivity contribution in [3.8, 4) is 6.07 Å². The van der Waals surface area contributed by atoms with Crippen molar-refractivity contribution in [2.75, 3.05) is 6.61 Å². The lowest BCUT2D eigenvalue weighted by molar-refractivity contribution is 0.0550. The number of nitrogens with one attached hydrogen (secondary N) is 1. The average molecular weight is 471 g/mol. The van der Waals surface area contributed by atoms with E-state index < -0.39 is 26.7 Å². The van der Waals surface area contributed by atoms with Crippen LogP contribution in [-0.4, -0.2) is 15.6 Å². The molecule has 1 unspecified atom stereocenters. The second kappa shape index (κ2) is 10.5. The van der Waals surface area contributed by atoms with Gasteiger partial charge >= 0.3 is 0 Å². The lowest BCUT2D eigenvalue weighted by atomic mass is 9.76. The maximum Gasteiger partial charge on any atom is 0.128 e. The van der Waals surface area contributed by atoms with Crippen LogP contribution in [0.5, 0.6) is 0 Å². The van der Waals surface area contributed by atoms with Crippen molar-refractivity contribution in [2.45, 2.75) is 70.3 Å². The lowest BCUT2D eigenvalue weighted by Crippen LogP contribution is -2.52. The molecule has 2 aromatic rings. The standard InChI is InChI=1S/C27H35FN2O2S/c1-25(2,3)33(31)30-27(23-12-8-9-13-24(23)28,17-16-26(4,19-29)22-14-15-22)20-32-18-21-10-6-5-7-11-21/h5-13,22,30H,14-18,20H2,1-4H3/t26?,27-,33-/m1/s1. The van der Waals surface area contributed by atoms with Gasteiger partial charge < -0.3 is 4.74 Å². The fraction of sp³-hybridized carbons (Fsp3) is 0.519. The summed E-state index contributed by atoms with van der Waals surface area (Å²) in [5.41, 5.74) is -0.102. The molecule has 1 aliphatic rings. The molecular formula is C27H35FN2O2S. The molecule has 0 aliphatic heterocycles. The van der Waals surface area contributed by atoms with Gasteiger partial charge in [0.15, 0.2) is 0 Å². The predicted octanol–water partition coefficient (Wildman–Crippen LogP) is 6.01. The van der Waals surface area contributed by atoms with Gasteiger partial charge in [0.25, 0.3) is 0 Å². The van der Waals surface area contributed by atoms with E-state index in [0.29, 0.717) is 30.9 Å². The molecule has 3 atom stereocenters. The highest BCUT2D eigenvalue weighted by molar-refractivity contribution is 7.84. The van der Waals surface area contributed by atoms with Gasteiger partial charge in [0.1, 0.15) is 5.82 Å². The average Bonchev–Trinajstić information content (AvgIpc) is 3.63. The minimum atomic E-state index is -1.47. The summed E-state index contributed by atoms with van der Waals surface area (Å²) in [5, 5.41) is 9.92. The summed E-state index contributed by atoms with van der Waals surface area (Å²) in [7, 11) is -1.47. The number of nitrogens with zero attached hydrogens (tertiary/aromatic N) is 1. The fourth-order valence-corrected chi connectivity index (χ4v) is 4.99. The van der Waals surface area contributed by atoms with Crippen molar-refractivity contribution in [3.05, 3.63) is 71.5 Å². The normalized spacial score (nSPS) is 18.7. The Morgan fingerprint density at radius 3 is 2.27 bits per heavy atom. The Bertz CT molecular complexity index is 997. The van der Waals surface area contributed by atoms with Crippen LogP contribution in [0, 0.1) is 28.5 Å². The number of rotatable bonds is 11. The molecule has 2 aromatic carbocycles. The van der Waals surface area contributed by atoms with E-state index in [4.69, 9.17) is 4.74 Å². The Kier molecular flexibility index (Phi) is 8.10. The fourth-order valence-electron chi connectivity index (χ4n) is 4.06. The first kappa shape index (κ1) is 25.6. The molecule has 1 N–H and O–H groups in total. The molecule has 0 amide bonds. The summed E-state index contributed by atoms with van der Waals surface area (Å²) in [5.74, 6) is -0.0107. The predicted molar refractivity (Wildman–Crippen MR) is 131 cm³/mol. The minimum Gasteiger partial charge on any atom is -0.374 e. The monoisotopic (exact) mass is 470 g/mol. The topological polar surface area (TPSA) is 62.1 Å². The third-order valence-electron chi connectivity index (χ3n) is 6.50. The quantitative estimate of drug-likeness (QED) is 0.437.